The third kappa shape index (κ3) is 3.12. The highest BCUT2D eigenvalue weighted by Crippen LogP contribution is 2.32. The Morgan fingerprint density at radius 2 is 2.04 bits per heavy atom. The van der Waals surface area contributed by atoms with E-state index in [-0.39, 0.29) is 19.1 Å². The minimum Gasteiger partial charge on any atom is -0.454 e. The molecule has 0 fully saturated rings. The summed E-state index contributed by atoms with van der Waals surface area (Å²) in [6.07, 6.45) is 2.84. The van der Waals surface area contributed by atoms with Gasteiger partial charge in [-0.2, -0.15) is 4.68 Å². The highest BCUT2D eigenvalue weighted by molar-refractivity contribution is 5.87. The van der Waals surface area contributed by atoms with Gasteiger partial charge in [-0.25, -0.2) is 4.79 Å². The van der Waals surface area contributed by atoms with Crippen molar-refractivity contribution < 1.29 is 19.0 Å². The Morgan fingerprint density at radius 3 is 2.96 bits per heavy atom. The van der Waals surface area contributed by atoms with Crippen LogP contribution in [0.15, 0.2) is 53.3 Å². The number of esters is 1. The molecule has 1 aromatic heterocycles. The van der Waals surface area contributed by atoms with Crippen LogP contribution in [0.25, 0.3) is 17.0 Å². The maximum absolute atomic E-state index is 12.3. The monoisotopic (exact) mass is 351 g/mol. The van der Waals surface area contributed by atoms with E-state index < -0.39 is 5.97 Å². The van der Waals surface area contributed by atoms with Crippen LogP contribution in [-0.4, -0.2) is 27.8 Å². The standard InChI is InChI=1S/C18H13N3O5/c22-17(8-6-12-5-7-15-16(9-12)26-11-25-15)24-10-21-18(23)13-3-1-2-4-14(13)19-20-21/h1-9H,10-11H2/b8-6-. The molecule has 130 valence electrons. The van der Waals surface area contributed by atoms with Crippen LogP contribution >= 0.6 is 0 Å². The lowest BCUT2D eigenvalue weighted by Gasteiger charge is -2.04. The van der Waals surface area contributed by atoms with Gasteiger partial charge in [-0.3, -0.25) is 4.79 Å². The van der Waals surface area contributed by atoms with Crippen LogP contribution in [0.4, 0.5) is 0 Å². The molecule has 0 radical (unpaired) electrons. The molecule has 2 heterocycles. The van der Waals surface area contributed by atoms with Crippen molar-refractivity contribution in [3.8, 4) is 11.5 Å². The lowest BCUT2D eigenvalue weighted by atomic mass is 10.2. The molecule has 0 bridgehead atoms. The second kappa shape index (κ2) is 6.67. The van der Waals surface area contributed by atoms with E-state index in [0.717, 1.165) is 10.2 Å². The van der Waals surface area contributed by atoms with Crippen LogP contribution in [0.1, 0.15) is 5.56 Å². The summed E-state index contributed by atoms with van der Waals surface area (Å²) >= 11 is 0. The molecule has 0 amide bonds. The average molecular weight is 351 g/mol. The minimum atomic E-state index is -0.607. The molecule has 0 saturated heterocycles. The number of fused-ring (bicyclic) bond motifs is 2. The maximum atomic E-state index is 12.3. The third-order valence-electron chi connectivity index (χ3n) is 3.77. The molecule has 2 aromatic carbocycles. The summed E-state index contributed by atoms with van der Waals surface area (Å²) in [6, 6.07) is 12.1. The summed E-state index contributed by atoms with van der Waals surface area (Å²) in [5.74, 6) is 0.682. The molecule has 0 atom stereocenters. The highest BCUT2D eigenvalue weighted by Gasteiger charge is 2.12. The first-order valence-corrected chi connectivity index (χ1v) is 7.78. The van der Waals surface area contributed by atoms with E-state index in [1.807, 2.05) is 0 Å². The lowest BCUT2D eigenvalue weighted by molar-refractivity contribution is -0.141. The molecule has 0 N–H and O–H groups in total. The van der Waals surface area contributed by atoms with Gasteiger partial charge in [-0.05, 0) is 35.9 Å². The maximum Gasteiger partial charge on any atom is 0.332 e. The fourth-order valence-electron chi connectivity index (χ4n) is 2.46. The first-order chi connectivity index (χ1) is 12.7. The van der Waals surface area contributed by atoms with Crippen LogP contribution in [0.3, 0.4) is 0 Å². The van der Waals surface area contributed by atoms with Gasteiger partial charge in [0.2, 0.25) is 6.79 Å². The van der Waals surface area contributed by atoms with Crippen molar-refractivity contribution in [1.29, 1.82) is 0 Å². The summed E-state index contributed by atoms with van der Waals surface area (Å²) in [7, 11) is 0. The summed E-state index contributed by atoms with van der Waals surface area (Å²) in [4.78, 5) is 24.1. The molecular formula is C18H13N3O5. The van der Waals surface area contributed by atoms with Gasteiger partial charge in [-0.1, -0.05) is 23.4 Å². The number of aromatic nitrogens is 3. The van der Waals surface area contributed by atoms with E-state index >= 15 is 0 Å². The number of rotatable bonds is 4. The van der Waals surface area contributed by atoms with Crippen molar-refractivity contribution in [2.45, 2.75) is 6.73 Å². The van der Waals surface area contributed by atoms with Crippen molar-refractivity contribution >= 4 is 22.9 Å². The highest BCUT2D eigenvalue weighted by atomic mass is 16.7. The first kappa shape index (κ1) is 15.8. The largest absolute Gasteiger partial charge is 0.454 e. The number of hydrogen-bond acceptors (Lipinski definition) is 7. The summed E-state index contributed by atoms with van der Waals surface area (Å²) in [6.45, 7) is -0.132. The van der Waals surface area contributed by atoms with Crippen LogP contribution in [0.5, 0.6) is 11.5 Å². The number of nitrogens with zero attached hydrogens (tertiary/aromatic N) is 3. The summed E-state index contributed by atoms with van der Waals surface area (Å²) in [5.41, 5.74) is 0.875. The third-order valence-corrected chi connectivity index (χ3v) is 3.77. The predicted octanol–water partition coefficient (Wildman–Crippen LogP) is 1.73. The Morgan fingerprint density at radius 1 is 1.19 bits per heavy atom. The van der Waals surface area contributed by atoms with E-state index in [4.69, 9.17) is 14.2 Å². The zero-order chi connectivity index (χ0) is 17.9. The predicted molar refractivity (Wildman–Crippen MR) is 91.5 cm³/mol. The number of carbonyl (C=O) groups excluding carboxylic acids is 1. The number of benzene rings is 2. The normalized spacial score (nSPS) is 12.6. The van der Waals surface area contributed by atoms with Gasteiger partial charge in [0.25, 0.3) is 5.56 Å². The van der Waals surface area contributed by atoms with Crippen LogP contribution < -0.4 is 15.0 Å². The quantitative estimate of drug-likeness (QED) is 0.522. The molecule has 0 aliphatic carbocycles. The van der Waals surface area contributed by atoms with E-state index in [1.165, 1.54) is 6.08 Å². The molecule has 1 aliphatic heterocycles. The Balaban J connectivity index is 1.43. The molecule has 0 saturated carbocycles. The molecule has 26 heavy (non-hydrogen) atoms. The van der Waals surface area contributed by atoms with Gasteiger partial charge >= 0.3 is 5.97 Å². The number of carbonyl (C=O) groups is 1. The Labute approximate surface area is 147 Å². The molecular weight excluding hydrogens is 338 g/mol. The SMILES string of the molecule is O=C(/C=C\c1ccc2c(c1)OCO2)OCn1nnc2ccccc2c1=O. The zero-order valence-corrected chi connectivity index (χ0v) is 13.5. The van der Waals surface area contributed by atoms with Gasteiger partial charge in [0, 0.05) is 6.08 Å². The van der Waals surface area contributed by atoms with Crippen molar-refractivity contribution in [2.24, 2.45) is 0 Å². The van der Waals surface area contributed by atoms with Gasteiger partial charge < -0.3 is 14.2 Å². The minimum absolute atomic E-state index is 0.187. The van der Waals surface area contributed by atoms with E-state index in [9.17, 15) is 9.59 Å². The molecule has 3 aromatic rings. The van der Waals surface area contributed by atoms with E-state index in [1.54, 1.807) is 48.5 Å². The van der Waals surface area contributed by atoms with E-state index in [0.29, 0.717) is 22.4 Å². The summed E-state index contributed by atoms with van der Waals surface area (Å²) < 4.78 is 16.5. The Bertz CT molecular complexity index is 1070. The number of ether oxygens (including phenoxy) is 3. The average Bonchev–Trinajstić information content (AvgIpc) is 3.14. The molecule has 8 heteroatoms. The zero-order valence-electron chi connectivity index (χ0n) is 13.5. The van der Waals surface area contributed by atoms with Crippen LogP contribution in [0.2, 0.25) is 0 Å². The summed E-state index contributed by atoms with van der Waals surface area (Å²) in [5, 5.41) is 8.09. The van der Waals surface area contributed by atoms with Gasteiger partial charge in [0.15, 0.2) is 18.2 Å². The van der Waals surface area contributed by atoms with Crippen molar-refractivity contribution in [1.82, 2.24) is 15.0 Å². The van der Waals surface area contributed by atoms with Gasteiger partial charge in [0.1, 0.15) is 5.52 Å². The fraction of sp³-hybridized carbons (Fsp3) is 0.111. The molecule has 1 aliphatic rings. The van der Waals surface area contributed by atoms with Crippen molar-refractivity contribution in [3.05, 3.63) is 64.5 Å². The first-order valence-electron chi connectivity index (χ1n) is 7.78. The van der Waals surface area contributed by atoms with Gasteiger partial charge in [-0.15, -0.1) is 5.10 Å². The molecule has 4 rings (SSSR count). The lowest BCUT2D eigenvalue weighted by Crippen LogP contribution is -2.26. The van der Waals surface area contributed by atoms with Crippen LogP contribution in [-0.2, 0) is 16.3 Å². The second-order valence-electron chi connectivity index (χ2n) is 5.45. The Hall–Kier alpha value is -3.68. The van der Waals surface area contributed by atoms with Crippen molar-refractivity contribution in [3.63, 3.8) is 0 Å². The number of hydrogen-bond donors (Lipinski definition) is 0. The van der Waals surface area contributed by atoms with Crippen molar-refractivity contribution in [2.75, 3.05) is 6.79 Å². The second-order valence-corrected chi connectivity index (χ2v) is 5.45. The smallest absolute Gasteiger partial charge is 0.332 e. The molecule has 0 unspecified atom stereocenters. The molecule has 0 spiro atoms. The van der Waals surface area contributed by atoms with Gasteiger partial charge in [0.05, 0.1) is 5.39 Å². The van der Waals surface area contributed by atoms with E-state index in [2.05, 4.69) is 10.3 Å². The topological polar surface area (TPSA) is 92.5 Å². The van der Waals surface area contributed by atoms with Crippen LogP contribution in [0, 0.1) is 0 Å². The molecule has 8 nitrogen and oxygen atoms in total. The Kier molecular flexibility index (Phi) is 4.06. The fourth-order valence-corrected chi connectivity index (χ4v) is 2.46.